The van der Waals surface area contributed by atoms with Gasteiger partial charge in [-0.05, 0) is 87.7 Å². The number of amides is 1. The summed E-state index contributed by atoms with van der Waals surface area (Å²) in [6.45, 7) is 7.44. The van der Waals surface area contributed by atoms with Crippen LogP contribution in [0.3, 0.4) is 0 Å². The van der Waals surface area contributed by atoms with Crippen molar-refractivity contribution < 1.29 is 13.9 Å². The highest BCUT2D eigenvalue weighted by atomic mass is 19.1. The number of carbonyl (C=O) groups is 1. The van der Waals surface area contributed by atoms with Gasteiger partial charge in [0.05, 0.1) is 0 Å². The molecule has 3 aliphatic rings. The van der Waals surface area contributed by atoms with Crippen molar-refractivity contribution in [2.24, 2.45) is 5.41 Å². The molecule has 1 spiro atoms. The molecule has 26 heavy (non-hydrogen) atoms. The van der Waals surface area contributed by atoms with Crippen molar-refractivity contribution in [3.63, 3.8) is 0 Å². The lowest BCUT2D eigenvalue weighted by atomic mass is 9.62. The molecule has 1 aromatic carbocycles. The molecule has 4 nitrogen and oxygen atoms in total. The molecule has 1 aromatic rings. The highest BCUT2D eigenvalue weighted by Gasteiger charge is 2.48. The van der Waals surface area contributed by atoms with Crippen LogP contribution < -0.4 is 5.32 Å². The number of nitrogens with zero attached hydrogens (tertiary/aromatic N) is 1. The Morgan fingerprint density at radius 2 is 1.96 bits per heavy atom. The van der Waals surface area contributed by atoms with Crippen LogP contribution in [0, 0.1) is 18.2 Å². The van der Waals surface area contributed by atoms with Crippen molar-refractivity contribution in [1.29, 1.82) is 0 Å². The van der Waals surface area contributed by atoms with E-state index >= 15 is 0 Å². The van der Waals surface area contributed by atoms with Gasteiger partial charge in [0.25, 0.3) is 0 Å². The van der Waals surface area contributed by atoms with E-state index in [-0.39, 0.29) is 28.8 Å². The summed E-state index contributed by atoms with van der Waals surface area (Å²) in [6, 6.07) is 5.10. The SMILES string of the molecule is Cc1cc(F)ccc1C1CN(C(=O)OC2(C)CC2)CCC12CCNCC2. The third-order valence-electron chi connectivity index (χ3n) is 6.77. The molecule has 2 heterocycles. The number of aryl methyl sites for hydroxylation is 1. The Kier molecular flexibility index (Phi) is 4.46. The second-order valence-corrected chi connectivity index (χ2v) is 8.68. The number of rotatable bonds is 2. The second-order valence-electron chi connectivity index (χ2n) is 8.68. The van der Waals surface area contributed by atoms with Crippen LogP contribution in [0.2, 0.25) is 0 Å². The Morgan fingerprint density at radius 3 is 2.62 bits per heavy atom. The van der Waals surface area contributed by atoms with E-state index in [4.69, 9.17) is 4.74 Å². The molecule has 2 saturated heterocycles. The highest BCUT2D eigenvalue weighted by molar-refractivity contribution is 5.69. The predicted molar refractivity (Wildman–Crippen MR) is 98.7 cm³/mol. The lowest BCUT2D eigenvalue weighted by molar-refractivity contribution is 0.0160. The molecule has 0 radical (unpaired) electrons. The van der Waals surface area contributed by atoms with E-state index in [2.05, 4.69) is 5.32 Å². The van der Waals surface area contributed by atoms with Crippen LogP contribution >= 0.6 is 0 Å². The smallest absolute Gasteiger partial charge is 0.410 e. The molecule has 3 fully saturated rings. The molecule has 0 aromatic heterocycles. The molecule has 1 atom stereocenters. The summed E-state index contributed by atoms with van der Waals surface area (Å²) >= 11 is 0. The fraction of sp³-hybridized carbons (Fsp3) is 0.667. The predicted octanol–water partition coefficient (Wildman–Crippen LogP) is 3.98. The number of ether oxygens (including phenoxy) is 1. The zero-order chi connectivity index (χ0) is 18.4. The van der Waals surface area contributed by atoms with Gasteiger partial charge in [-0.1, -0.05) is 6.07 Å². The second kappa shape index (κ2) is 6.52. The molecule has 1 amide bonds. The van der Waals surface area contributed by atoms with E-state index in [0.29, 0.717) is 6.54 Å². The molecule has 2 aliphatic heterocycles. The van der Waals surface area contributed by atoms with Crippen LogP contribution in [0.1, 0.15) is 56.1 Å². The van der Waals surface area contributed by atoms with E-state index < -0.39 is 0 Å². The van der Waals surface area contributed by atoms with Gasteiger partial charge >= 0.3 is 6.09 Å². The maximum Gasteiger partial charge on any atom is 0.410 e. The van der Waals surface area contributed by atoms with Crippen molar-refractivity contribution in [3.05, 3.63) is 35.1 Å². The average Bonchev–Trinajstić information content (AvgIpc) is 3.33. The Bertz CT molecular complexity index is 695. The van der Waals surface area contributed by atoms with Gasteiger partial charge in [-0.15, -0.1) is 0 Å². The molecule has 142 valence electrons. The van der Waals surface area contributed by atoms with Gasteiger partial charge in [0.2, 0.25) is 0 Å². The highest BCUT2D eigenvalue weighted by Crippen LogP contribution is 2.50. The number of carbonyl (C=O) groups excluding carboxylic acids is 1. The lowest BCUT2D eigenvalue weighted by Crippen LogP contribution is -2.52. The number of halogens is 1. The van der Waals surface area contributed by atoms with Gasteiger partial charge in [-0.2, -0.15) is 0 Å². The first kappa shape index (κ1) is 17.8. The minimum atomic E-state index is -0.248. The van der Waals surface area contributed by atoms with E-state index in [0.717, 1.165) is 57.3 Å². The summed E-state index contributed by atoms with van der Waals surface area (Å²) in [5.74, 6) is 0.0397. The summed E-state index contributed by atoms with van der Waals surface area (Å²) in [4.78, 5) is 14.6. The third kappa shape index (κ3) is 3.34. The number of piperidine rings is 2. The van der Waals surface area contributed by atoms with E-state index in [9.17, 15) is 9.18 Å². The molecule has 1 N–H and O–H groups in total. The topological polar surface area (TPSA) is 41.6 Å². The van der Waals surface area contributed by atoms with Gasteiger partial charge in [0.1, 0.15) is 11.4 Å². The Hall–Kier alpha value is -1.62. The average molecular weight is 360 g/mol. The summed E-state index contributed by atoms with van der Waals surface area (Å²) < 4.78 is 19.4. The van der Waals surface area contributed by atoms with Crippen molar-refractivity contribution in [3.8, 4) is 0 Å². The van der Waals surface area contributed by atoms with Crippen LogP contribution in [-0.2, 0) is 4.74 Å². The van der Waals surface area contributed by atoms with Crippen LogP contribution in [0.5, 0.6) is 0 Å². The summed E-state index contributed by atoms with van der Waals surface area (Å²) in [5, 5.41) is 3.46. The van der Waals surface area contributed by atoms with Crippen molar-refractivity contribution in [2.45, 2.75) is 57.5 Å². The minimum absolute atomic E-state index is 0.182. The summed E-state index contributed by atoms with van der Waals surface area (Å²) in [5.41, 5.74) is 2.11. The first-order chi connectivity index (χ1) is 12.4. The van der Waals surface area contributed by atoms with Crippen LogP contribution in [0.15, 0.2) is 18.2 Å². The fourth-order valence-corrected chi connectivity index (χ4v) is 4.74. The molecule has 5 heteroatoms. The standard InChI is InChI=1S/C21H29FN2O2/c1-15-13-16(22)3-4-17(15)18-14-24(19(25)26-20(2)5-6-20)12-9-21(18)7-10-23-11-8-21/h3-4,13,18,23H,5-12,14H2,1-2H3. The largest absolute Gasteiger partial charge is 0.443 e. The molecule has 0 bridgehead atoms. The zero-order valence-electron chi connectivity index (χ0n) is 15.8. The Labute approximate surface area is 155 Å². The molecule has 4 rings (SSSR count). The third-order valence-corrected chi connectivity index (χ3v) is 6.77. The monoisotopic (exact) mass is 360 g/mol. The Morgan fingerprint density at radius 1 is 1.23 bits per heavy atom. The van der Waals surface area contributed by atoms with Crippen LogP contribution in [0.4, 0.5) is 9.18 Å². The number of hydrogen-bond acceptors (Lipinski definition) is 3. The molecule has 1 saturated carbocycles. The number of nitrogens with one attached hydrogen (secondary N) is 1. The number of hydrogen-bond donors (Lipinski definition) is 1. The van der Waals surface area contributed by atoms with Gasteiger partial charge in [0.15, 0.2) is 0 Å². The van der Waals surface area contributed by atoms with Crippen molar-refractivity contribution >= 4 is 6.09 Å². The maximum atomic E-state index is 13.7. The van der Waals surface area contributed by atoms with Crippen molar-refractivity contribution in [1.82, 2.24) is 10.2 Å². The van der Waals surface area contributed by atoms with Gasteiger partial charge in [-0.25, -0.2) is 9.18 Å². The summed E-state index contributed by atoms with van der Waals surface area (Å²) in [7, 11) is 0. The zero-order valence-corrected chi connectivity index (χ0v) is 15.8. The van der Waals surface area contributed by atoms with Gasteiger partial charge < -0.3 is 15.0 Å². The quantitative estimate of drug-likeness (QED) is 0.867. The molecular weight excluding hydrogens is 331 g/mol. The summed E-state index contributed by atoms with van der Waals surface area (Å²) in [6.07, 6.45) is 4.94. The normalized spacial score (nSPS) is 26.6. The minimum Gasteiger partial charge on any atom is -0.443 e. The molecular formula is C21H29FN2O2. The van der Waals surface area contributed by atoms with Crippen LogP contribution in [0.25, 0.3) is 0 Å². The Balaban J connectivity index is 1.61. The van der Waals surface area contributed by atoms with E-state index in [1.807, 2.05) is 24.8 Å². The number of likely N-dealkylation sites (tertiary alicyclic amines) is 1. The van der Waals surface area contributed by atoms with Crippen molar-refractivity contribution in [2.75, 3.05) is 26.2 Å². The van der Waals surface area contributed by atoms with E-state index in [1.54, 1.807) is 12.1 Å². The van der Waals surface area contributed by atoms with Gasteiger partial charge in [0, 0.05) is 19.0 Å². The molecule has 1 unspecified atom stereocenters. The van der Waals surface area contributed by atoms with Gasteiger partial charge in [-0.3, -0.25) is 0 Å². The lowest BCUT2D eigenvalue weighted by Gasteiger charge is -2.50. The first-order valence-corrected chi connectivity index (χ1v) is 9.86. The number of benzene rings is 1. The van der Waals surface area contributed by atoms with Crippen LogP contribution in [-0.4, -0.2) is 42.8 Å². The maximum absolute atomic E-state index is 13.7. The fourth-order valence-electron chi connectivity index (χ4n) is 4.74. The first-order valence-electron chi connectivity index (χ1n) is 9.86. The van der Waals surface area contributed by atoms with E-state index in [1.165, 1.54) is 5.56 Å². The molecule has 1 aliphatic carbocycles.